The Bertz CT molecular complexity index is 707. The normalized spacial score (nSPS) is 17.3. The van der Waals surface area contributed by atoms with E-state index in [1.807, 2.05) is 0 Å². The first-order chi connectivity index (χ1) is 11.0. The Labute approximate surface area is 135 Å². The molecule has 1 saturated heterocycles. The molecule has 1 atom stereocenters. The van der Waals surface area contributed by atoms with Crippen molar-refractivity contribution in [1.82, 2.24) is 14.9 Å². The second kappa shape index (κ2) is 6.45. The van der Waals surface area contributed by atoms with Crippen LogP contribution in [0.5, 0.6) is 6.01 Å². The Morgan fingerprint density at radius 3 is 2.57 bits per heavy atom. The number of ether oxygens (including phenoxy) is 1. The molecule has 1 aromatic carbocycles. The van der Waals surface area contributed by atoms with Crippen LogP contribution in [0.1, 0.15) is 16.8 Å². The van der Waals surface area contributed by atoms with Crippen molar-refractivity contribution >= 4 is 17.5 Å². The molecule has 0 spiro atoms. The minimum Gasteiger partial charge on any atom is -0.458 e. The fourth-order valence-electron chi connectivity index (χ4n) is 2.38. The van der Waals surface area contributed by atoms with Crippen molar-refractivity contribution in [2.24, 2.45) is 0 Å². The molecule has 1 aliphatic heterocycles. The molecule has 0 aliphatic carbocycles. The molecule has 5 nitrogen and oxygen atoms in total. The SMILES string of the molecule is O=C(c1c(F)cccc1F)N1CC[C@@H](Oc2ncc(Cl)cn2)C1. The number of carbonyl (C=O) groups is 1. The second-order valence-electron chi connectivity index (χ2n) is 5.06. The van der Waals surface area contributed by atoms with E-state index in [1.54, 1.807) is 0 Å². The maximum absolute atomic E-state index is 13.7. The predicted octanol–water partition coefficient (Wildman–Crippen LogP) is 2.70. The van der Waals surface area contributed by atoms with Crippen LogP contribution in [0.15, 0.2) is 30.6 Å². The first-order valence-corrected chi connectivity index (χ1v) is 7.30. The summed E-state index contributed by atoms with van der Waals surface area (Å²) in [4.78, 5) is 21.4. The van der Waals surface area contributed by atoms with Gasteiger partial charge in [-0.3, -0.25) is 4.79 Å². The average Bonchev–Trinajstić information content (AvgIpc) is 2.98. The number of hydrogen-bond acceptors (Lipinski definition) is 4. The molecule has 3 rings (SSSR count). The van der Waals surface area contributed by atoms with Gasteiger partial charge in [0.2, 0.25) is 0 Å². The molecule has 0 radical (unpaired) electrons. The number of carbonyl (C=O) groups excluding carboxylic acids is 1. The van der Waals surface area contributed by atoms with Gasteiger partial charge < -0.3 is 9.64 Å². The van der Waals surface area contributed by atoms with Gasteiger partial charge in [-0.25, -0.2) is 18.7 Å². The summed E-state index contributed by atoms with van der Waals surface area (Å²) in [6.45, 7) is 0.545. The monoisotopic (exact) mass is 339 g/mol. The van der Waals surface area contributed by atoms with Crippen LogP contribution in [0.25, 0.3) is 0 Å². The van der Waals surface area contributed by atoms with Crippen molar-refractivity contribution in [3.63, 3.8) is 0 Å². The van der Waals surface area contributed by atoms with Crippen LogP contribution in [-0.4, -0.2) is 40.0 Å². The lowest BCUT2D eigenvalue weighted by Crippen LogP contribution is -2.32. The van der Waals surface area contributed by atoms with E-state index in [4.69, 9.17) is 16.3 Å². The Morgan fingerprint density at radius 1 is 1.26 bits per heavy atom. The van der Waals surface area contributed by atoms with E-state index >= 15 is 0 Å². The molecule has 0 N–H and O–H groups in total. The van der Waals surface area contributed by atoms with E-state index in [2.05, 4.69) is 9.97 Å². The van der Waals surface area contributed by atoms with Gasteiger partial charge in [-0.1, -0.05) is 17.7 Å². The van der Waals surface area contributed by atoms with Gasteiger partial charge in [-0.05, 0) is 12.1 Å². The zero-order chi connectivity index (χ0) is 16.4. The summed E-state index contributed by atoms with van der Waals surface area (Å²) >= 11 is 5.69. The van der Waals surface area contributed by atoms with E-state index < -0.39 is 23.1 Å². The number of nitrogens with zero attached hydrogens (tertiary/aromatic N) is 3. The maximum atomic E-state index is 13.7. The molecule has 0 bridgehead atoms. The summed E-state index contributed by atoms with van der Waals surface area (Å²) in [6.07, 6.45) is 2.98. The largest absolute Gasteiger partial charge is 0.458 e. The van der Waals surface area contributed by atoms with Gasteiger partial charge in [0.25, 0.3) is 5.91 Å². The molecular weight excluding hydrogens is 328 g/mol. The smallest absolute Gasteiger partial charge is 0.316 e. The third-order valence-corrected chi connectivity index (χ3v) is 3.67. The molecule has 1 amide bonds. The number of likely N-dealkylation sites (tertiary alicyclic amines) is 1. The minimum absolute atomic E-state index is 0.144. The van der Waals surface area contributed by atoms with Crippen LogP contribution in [0.4, 0.5) is 8.78 Å². The first kappa shape index (κ1) is 15.6. The van der Waals surface area contributed by atoms with Crippen molar-refractivity contribution in [2.75, 3.05) is 13.1 Å². The van der Waals surface area contributed by atoms with Gasteiger partial charge in [0.05, 0.1) is 24.0 Å². The van der Waals surface area contributed by atoms with Crippen molar-refractivity contribution in [2.45, 2.75) is 12.5 Å². The summed E-state index contributed by atoms with van der Waals surface area (Å²) in [7, 11) is 0. The molecule has 2 aromatic rings. The zero-order valence-electron chi connectivity index (χ0n) is 11.9. The quantitative estimate of drug-likeness (QED) is 0.862. The van der Waals surface area contributed by atoms with Gasteiger partial charge >= 0.3 is 6.01 Å². The van der Waals surface area contributed by atoms with Crippen molar-refractivity contribution in [3.8, 4) is 6.01 Å². The third-order valence-electron chi connectivity index (χ3n) is 3.48. The number of benzene rings is 1. The second-order valence-corrected chi connectivity index (χ2v) is 5.50. The fourth-order valence-corrected chi connectivity index (χ4v) is 2.48. The Balaban J connectivity index is 1.67. The lowest BCUT2D eigenvalue weighted by Gasteiger charge is -2.17. The molecule has 120 valence electrons. The Hall–Kier alpha value is -2.28. The number of amides is 1. The molecule has 0 unspecified atom stereocenters. The molecule has 1 fully saturated rings. The van der Waals surface area contributed by atoms with Crippen LogP contribution >= 0.6 is 11.6 Å². The lowest BCUT2D eigenvalue weighted by molar-refractivity contribution is 0.0760. The third kappa shape index (κ3) is 3.39. The molecule has 1 aliphatic rings. The predicted molar refractivity (Wildman–Crippen MR) is 78.3 cm³/mol. The average molecular weight is 340 g/mol. The minimum atomic E-state index is -0.875. The summed E-state index contributed by atoms with van der Waals surface area (Å²) in [5.41, 5.74) is -0.545. The summed E-state index contributed by atoms with van der Waals surface area (Å²) in [5.74, 6) is -2.44. The van der Waals surface area contributed by atoms with E-state index in [0.717, 1.165) is 12.1 Å². The van der Waals surface area contributed by atoms with E-state index in [0.29, 0.717) is 18.0 Å². The van der Waals surface area contributed by atoms with Crippen molar-refractivity contribution in [1.29, 1.82) is 0 Å². The lowest BCUT2D eigenvalue weighted by atomic mass is 10.1. The van der Waals surface area contributed by atoms with E-state index in [1.165, 1.54) is 23.4 Å². The summed E-state index contributed by atoms with van der Waals surface area (Å²) in [6, 6.07) is 3.48. The van der Waals surface area contributed by atoms with Crippen molar-refractivity contribution in [3.05, 3.63) is 52.8 Å². The zero-order valence-corrected chi connectivity index (χ0v) is 12.6. The number of rotatable bonds is 3. The molecule has 8 heteroatoms. The molecule has 1 aromatic heterocycles. The summed E-state index contributed by atoms with van der Waals surface area (Å²) in [5, 5.41) is 0.385. The van der Waals surface area contributed by atoms with Crippen LogP contribution in [-0.2, 0) is 0 Å². The number of halogens is 3. The molecule has 23 heavy (non-hydrogen) atoms. The molecule has 0 saturated carbocycles. The van der Waals surface area contributed by atoms with Crippen LogP contribution in [0.3, 0.4) is 0 Å². The van der Waals surface area contributed by atoms with Gasteiger partial charge in [-0.15, -0.1) is 0 Å². The van der Waals surface area contributed by atoms with Gasteiger partial charge in [0.15, 0.2) is 0 Å². The van der Waals surface area contributed by atoms with E-state index in [9.17, 15) is 13.6 Å². The van der Waals surface area contributed by atoms with Gasteiger partial charge in [0, 0.05) is 13.0 Å². The van der Waals surface area contributed by atoms with Crippen LogP contribution in [0, 0.1) is 11.6 Å². The topological polar surface area (TPSA) is 55.3 Å². The van der Waals surface area contributed by atoms with Crippen molar-refractivity contribution < 1.29 is 18.3 Å². The number of aromatic nitrogens is 2. The standard InChI is InChI=1S/C15H12ClF2N3O2/c16-9-6-19-15(20-7-9)23-10-4-5-21(8-10)14(22)13-11(17)2-1-3-12(13)18/h1-3,6-7,10H,4-5,8H2/t10-/m1/s1. The maximum Gasteiger partial charge on any atom is 0.316 e. The van der Waals surface area contributed by atoms with E-state index in [-0.39, 0.29) is 18.7 Å². The highest BCUT2D eigenvalue weighted by molar-refractivity contribution is 6.30. The van der Waals surface area contributed by atoms with Crippen LogP contribution in [0.2, 0.25) is 5.02 Å². The highest BCUT2D eigenvalue weighted by Gasteiger charge is 2.31. The number of hydrogen-bond donors (Lipinski definition) is 0. The van der Waals surface area contributed by atoms with Crippen LogP contribution < -0.4 is 4.74 Å². The fraction of sp³-hybridized carbons (Fsp3) is 0.267. The Morgan fingerprint density at radius 2 is 1.91 bits per heavy atom. The first-order valence-electron chi connectivity index (χ1n) is 6.92. The van der Waals surface area contributed by atoms with Gasteiger partial charge in [-0.2, -0.15) is 0 Å². The molecule has 2 heterocycles. The molecular formula is C15H12ClF2N3O2. The Kier molecular flexibility index (Phi) is 4.38. The highest BCUT2D eigenvalue weighted by atomic mass is 35.5. The van der Waals surface area contributed by atoms with Gasteiger partial charge in [0.1, 0.15) is 23.3 Å². The highest BCUT2D eigenvalue weighted by Crippen LogP contribution is 2.20. The summed E-state index contributed by atoms with van der Waals surface area (Å²) < 4.78 is 32.9.